The van der Waals surface area contributed by atoms with Crippen molar-refractivity contribution in [3.63, 3.8) is 0 Å². The lowest BCUT2D eigenvalue weighted by molar-refractivity contribution is 0.883. The van der Waals surface area contributed by atoms with Crippen molar-refractivity contribution in [3.8, 4) is 0 Å². The van der Waals surface area contributed by atoms with Crippen molar-refractivity contribution in [1.82, 2.24) is 15.2 Å². The lowest BCUT2D eigenvalue weighted by atomic mass is 10.3. The highest BCUT2D eigenvalue weighted by Crippen LogP contribution is 2.40. The lowest BCUT2D eigenvalue weighted by Crippen LogP contribution is -2.08. The number of hydrogen-bond donors (Lipinski definition) is 1. The van der Waals surface area contributed by atoms with E-state index in [1.54, 1.807) is 34.4 Å². The smallest absolute Gasteiger partial charge is 0.206 e. The molecular weight excluding hydrogens is 320 g/mol. The molecule has 0 amide bonds. The Morgan fingerprint density at radius 3 is 2.67 bits per heavy atom. The molecule has 0 saturated heterocycles. The molecule has 3 rings (SSSR count). The second kappa shape index (κ2) is 6.29. The number of benzene rings is 1. The summed E-state index contributed by atoms with van der Waals surface area (Å²) in [6.07, 6.45) is 0. The van der Waals surface area contributed by atoms with Gasteiger partial charge >= 0.3 is 0 Å². The van der Waals surface area contributed by atoms with Crippen LogP contribution in [0.5, 0.6) is 0 Å². The summed E-state index contributed by atoms with van der Waals surface area (Å²) >= 11 is 5.06. The highest BCUT2D eigenvalue weighted by Gasteiger charge is 2.15. The normalized spacial score (nSPS) is 13.0. The summed E-state index contributed by atoms with van der Waals surface area (Å²) in [5.41, 5.74) is 1.07. The van der Waals surface area contributed by atoms with Gasteiger partial charge in [0.2, 0.25) is 5.13 Å². The number of thioether (sulfide) groups is 1. The van der Waals surface area contributed by atoms with E-state index in [1.165, 1.54) is 4.70 Å². The molecule has 110 valence electrons. The van der Waals surface area contributed by atoms with Crippen LogP contribution in [-0.4, -0.2) is 21.2 Å². The first kappa shape index (κ1) is 14.7. The van der Waals surface area contributed by atoms with Crippen LogP contribution >= 0.6 is 34.4 Å². The molecular formula is C14H16N4S3. The molecule has 3 aromatic rings. The quantitative estimate of drug-likeness (QED) is 0.677. The molecule has 0 aliphatic heterocycles. The molecule has 2 heterocycles. The summed E-state index contributed by atoms with van der Waals surface area (Å²) in [6.45, 7) is 6.36. The predicted molar refractivity (Wildman–Crippen MR) is 92.6 cm³/mol. The molecule has 21 heavy (non-hydrogen) atoms. The van der Waals surface area contributed by atoms with Gasteiger partial charge in [-0.15, -0.1) is 21.5 Å². The number of nitrogens with zero attached hydrogens (tertiary/aromatic N) is 3. The number of para-hydroxylation sites is 1. The van der Waals surface area contributed by atoms with Crippen LogP contribution in [0.1, 0.15) is 31.0 Å². The average molecular weight is 337 g/mol. The van der Waals surface area contributed by atoms with E-state index in [9.17, 15) is 0 Å². The lowest BCUT2D eigenvalue weighted by Gasteiger charge is -2.04. The van der Waals surface area contributed by atoms with E-state index in [2.05, 4.69) is 54.5 Å². The van der Waals surface area contributed by atoms with E-state index in [1.807, 2.05) is 6.07 Å². The van der Waals surface area contributed by atoms with E-state index in [0.717, 1.165) is 20.0 Å². The van der Waals surface area contributed by atoms with Crippen molar-refractivity contribution < 1.29 is 0 Å². The Labute approximate surface area is 136 Å². The molecule has 0 fully saturated rings. The summed E-state index contributed by atoms with van der Waals surface area (Å²) < 4.78 is 2.21. The number of nitrogens with one attached hydrogen (secondary N) is 1. The Morgan fingerprint density at radius 2 is 1.90 bits per heavy atom. The topological polar surface area (TPSA) is 50.7 Å². The van der Waals surface area contributed by atoms with Crippen LogP contribution in [0, 0.1) is 0 Å². The van der Waals surface area contributed by atoms with Crippen molar-refractivity contribution in [2.45, 2.75) is 36.4 Å². The van der Waals surface area contributed by atoms with Gasteiger partial charge in [-0.2, -0.15) is 0 Å². The first-order valence-electron chi connectivity index (χ1n) is 6.74. The number of rotatable bonds is 5. The van der Waals surface area contributed by atoms with Crippen LogP contribution in [0.3, 0.4) is 0 Å². The molecule has 1 unspecified atom stereocenters. The SMILES string of the molecule is CC(C)Nc1nnc(SC(C)c2nc3ccccc3s2)s1. The predicted octanol–water partition coefficient (Wildman–Crippen LogP) is 4.82. The molecule has 1 atom stereocenters. The second-order valence-corrected chi connectivity index (χ2v) is 8.58. The minimum Gasteiger partial charge on any atom is -0.358 e. The van der Waals surface area contributed by atoms with Gasteiger partial charge in [0.1, 0.15) is 5.01 Å². The maximum Gasteiger partial charge on any atom is 0.206 e. The Hall–Kier alpha value is -1.18. The minimum absolute atomic E-state index is 0.280. The first-order valence-corrected chi connectivity index (χ1v) is 9.25. The Kier molecular flexibility index (Phi) is 4.42. The third-order valence-electron chi connectivity index (χ3n) is 2.75. The first-order chi connectivity index (χ1) is 10.1. The number of anilines is 1. The number of hydrogen-bond acceptors (Lipinski definition) is 7. The highest BCUT2D eigenvalue weighted by atomic mass is 32.2. The average Bonchev–Trinajstić information content (AvgIpc) is 3.04. The van der Waals surface area contributed by atoms with E-state index in [4.69, 9.17) is 4.98 Å². The van der Waals surface area contributed by atoms with Gasteiger partial charge in [-0.3, -0.25) is 0 Å². The number of fused-ring (bicyclic) bond motifs is 1. The maximum absolute atomic E-state index is 4.70. The van der Waals surface area contributed by atoms with Crippen LogP contribution in [0.15, 0.2) is 28.6 Å². The van der Waals surface area contributed by atoms with Crippen molar-refractivity contribution >= 4 is 49.8 Å². The fraction of sp³-hybridized carbons (Fsp3) is 0.357. The van der Waals surface area contributed by atoms with Crippen LogP contribution < -0.4 is 5.32 Å². The van der Waals surface area contributed by atoms with E-state index < -0.39 is 0 Å². The summed E-state index contributed by atoms with van der Waals surface area (Å²) in [5.74, 6) is 0. The highest BCUT2D eigenvalue weighted by molar-refractivity contribution is 8.01. The molecule has 0 saturated carbocycles. The van der Waals surface area contributed by atoms with Gasteiger partial charge < -0.3 is 5.32 Å². The molecule has 0 radical (unpaired) electrons. The molecule has 2 aromatic heterocycles. The van der Waals surface area contributed by atoms with E-state index >= 15 is 0 Å². The summed E-state index contributed by atoms with van der Waals surface area (Å²) in [4.78, 5) is 4.70. The molecule has 0 spiro atoms. The van der Waals surface area contributed by atoms with Crippen molar-refractivity contribution in [1.29, 1.82) is 0 Å². The second-order valence-electron chi connectivity index (χ2n) is 4.95. The Morgan fingerprint density at radius 1 is 1.10 bits per heavy atom. The Bertz CT molecular complexity index is 701. The van der Waals surface area contributed by atoms with Gasteiger partial charge in [0.05, 0.1) is 15.5 Å². The van der Waals surface area contributed by atoms with Gasteiger partial charge in [-0.05, 0) is 32.9 Å². The summed E-state index contributed by atoms with van der Waals surface area (Å²) in [5, 5.41) is 14.0. The van der Waals surface area contributed by atoms with Crippen molar-refractivity contribution in [3.05, 3.63) is 29.3 Å². The van der Waals surface area contributed by atoms with Crippen molar-refractivity contribution in [2.24, 2.45) is 0 Å². The molecule has 1 N–H and O–H groups in total. The van der Waals surface area contributed by atoms with E-state index in [0.29, 0.717) is 6.04 Å². The van der Waals surface area contributed by atoms with Gasteiger partial charge in [0.15, 0.2) is 4.34 Å². The monoisotopic (exact) mass is 336 g/mol. The van der Waals surface area contributed by atoms with Crippen LogP contribution in [-0.2, 0) is 0 Å². The molecule has 7 heteroatoms. The molecule has 0 aliphatic rings. The third kappa shape index (κ3) is 3.53. The van der Waals surface area contributed by atoms with Gasteiger partial charge in [-0.1, -0.05) is 35.2 Å². The van der Waals surface area contributed by atoms with Gasteiger partial charge in [0, 0.05) is 6.04 Å². The largest absolute Gasteiger partial charge is 0.358 e. The number of aromatic nitrogens is 3. The fourth-order valence-electron chi connectivity index (χ4n) is 1.83. The van der Waals surface area contributed by atoms with Crippen LogP contribution in [0.25, 0.3) is 10.2 Å². The summed E-state index contributed by atoms with van der Waals surface area (Å²) in [6, 6.07) is 8.62. The molecule has 0 bridgehead atoms. The Balaban J connectivity index is 1.73. The minimum atomic E-state index is 0.280. The zero-order valence-electron chi connectivity index (χ0n) is 12.0. The zero-order chi connectivity index (χ0) is 14.8. The van der Waals surface area contributed by atoms with Gasteiger partial charge in [-0.25, -0.2) is 4.98 Å². The fourth-order valence-corrected chi connectivity index (χ4v) is 5.05. The third-order valence-corrected chi connectivity index (χ3v) is 6.17. The maximum atomic E-state index is 4.70. The molecule has 4 nitrogen and oxygen atoms in total. The van der Waals surface area contributed by atoms with Crippen LogP contribution in [0.2, 0.25) is 0 Å². The van der Waals surface area contributed by atoms with Crippen LogP contribution in [0.4, 0.5) is 5.13 Å². The number of thiazole rings is 1. The molecule has 0 aliphatic carbocycles. The van der Waals surface area contributed by atoms with E-state index in [-0.39, 0.29) is 5.25 Å². The van der Waals surface area contributed by atoms with Gasteiger partial charge in [0.25, 0.3) is 0 Å². The molecule has 1 aromatic carbocycles. The zero-order valence-corrected chi connectivity index (χ0v) is 14.5. The summed E-state index contributed by atoms with van der Waals surface area (Å²) in [7, 11) is 0. The van der Waals surface area contributed by atoms with Crippen molar-refractivity contribution in [2.75, 3.05) is 5.32 Å². The standard InChI is InChI=1S/C14H16N4S3/c1-8(2)15-13-17-18-14(21-13)19-9(3)12-16-10-6-4-5-7-11(10)20-12/h4-9H,1-3H3,(H,15,17).